The van der Waals surface area contributed by atoms with Crippen molar-refractivity contribution in [2.24, 2.45) is 0 Å². The van der Waals surface area contributed by atoms with Crippen LogP contribution in [0.15, 0.2) is 12.7 Å². The molecule has 0 aromatic carbocycles. The Morgan fingerprint density at radius 1 is 0.815 bits per heavy atom. The highest BCUT2D eigenvalue weighted by Gasteiger charge is 2.38. The topological polar surface area (TPSA) is 79.2 Å². The van der Waals surface area contributed by atoms with Crippen LogP contribution in [0.4, 0.5) is 0 Å². The van der Waals surface area contributed by atoms with Gasteiger partial charge in [0.05, 0.1) is 13.2 Å². The lowest BCUT2D eigenvalue weighted by Crippen LogP contribution is -2.55. The van der Waals surface area contributed by atoms with Gasteiger partial charge >= 0.3 is 0 Å². The van der Waals surface area contributed by atoms with Gasteiger partial charge in [-0.25, -0.2) is 0 Å². The molecule has 0 saturated carbocycles. The van der Waals surface area contributed by atoms with Crippen molar-refractivity contribution in [2.75, 3.05) is 19.8 Å². The van der Waals surface area contributed by atoms with Crippen LogP contribution >= 0.6 is 0 Å². The second-order valence-corrected chi connectivity index (χ2v) is 7.76. The van der Waals surface area contributed by atoms with E-state index in [9.17, 15) is 10.2 Å². The molecule has 0 spiro atoms. The predicted molar refractivity (Wildman–Crippen MR) is 109 cm³/mol. The molecule has 1 heterocycles. The van der Waals surface area contributed by atoms with E-state index in [0.717, 1.165) is 19.3 Å². The first-order chi connectivity index (χ1) is 13.2. The number of aliphatic hydroxyl groups is 3. The average molecular weight is 387 g/mol. The highest BCUT2D eigenvalue weighted by Crippen LogP contribution is 2.18. The first-order valence-corrected chi connectivity index (χ1v) is 11.0. The van der Waals surface area contributed by atoms with Crippen LogP contribution in [0.3, 0.4) is 0 Å². The van der Waals surface area contributed by atoms with Crippen molar-refractivity contribution in [2.45, 2.75) is 108 Å². The minimum atomic E-state index is -1.08. The number of allylic oxidation sites excluding steroid dienone is 1. The zero-order chi connectivity index (χ0) is 19.7. The summed E-state index contributed by atoms with van der Waals surface area (Å²) in [6, 6.07) is 0. The summed E-state index contributed by atoms with van der Waals surface area (Å²) in [4.78, 5) is 0. The van der Waals surface area contributed by atoms with Gasteiger partial charge in [0, 0.05) is 6.61 Å². The third-order valence-electron chi connectivity index (χ3n) is 5.40. The van der Waals surface area contributed by atoms with Crippen LogP contribution in [0, 0.1) is 0 Å². The first kappa shape index (κ1) is 24.6. The van der Waals surface area contributed by atoms with Crippen LogP contribution in [-0.4, -0.2) is 59.6 Å². The Bertz CT molecular complexity index is 350. The Kier molecular flexibility index (Phi) is 15.0. The second kappa shape index (κ2) is 16.5. The number of ether oxygens (including phenoxy) is 2. The predicted octanol–water partition coefficient (Wildman–Crippen LogP) is 3.74. The molecule has 0 radical (unpaired) electrons. The van der Waals surface area contributed by atoms with E-state index >= 15 is 0 Å². The van der Waals surface area contributed by atoms with Crippen molar-refractivity contribution in [3.8, 4) is 0 Å². The lowest BCUT2D eigenvalue weighted by molar-refractivity contribution is -0.208. The zero-order valence-corrected chi connectivity index (χ0v) is 17.1. The fourth-order valence-corrected chi connectivity index (χ4v) is 3.56. The van der Waals surface area contributed by atoms with E-state index in [1.165, 1.54) is 64.2 Å². The molecule has 1 rings (SSSR count). The Morgan fingerprint density at radius 2 is 1.33 bits per heavy atom. The van der Waals surface area contributed by atoms with Gasteiger partial charge < -0.3 is 24.8 Å². The highest BCUT2D eigenvalue weighted by molar-refractivity contribution is 4.87. The molecule has 0 aliphatic carbocycles. The van der Waals surface area contributed by atoms with Gasteiger partial charge in [-0.05, 0) is 19.3 Å². The van der Waals surface area contributed by atoms with Crippen molar-refractivity contribution in [1.29, 1.82) is 0 Å². The SMILES string of the molecule is C=CCCCCCCCCCCCCCCO[C@H]1CO[C@H](CO)[C@@H](O)[C@@H]1O. The van der Waals surface area contributed by atoms with E-state index in [-0.39, 0.29) is 13.2 Å². The van der Waals surface area contributed by atoms with Crippen molar-refractivity contribution in [1.82, 2.24) is 0 Å². The number of hydrogen-bond acceptors (Lipinski definition) is 5. The summed E-state index contributed by atoms with van der Waals surface area (Å²) >= 11 is 0. The quantitative estimate of drug-likeness (QED) is 0.262. The van der Waals surface area contributed by atoms with E-state index < -0.39 is 24.4 Å². The maximum atomic E-state index is 9.98. The maximum Gasteiger partial charge on any atom is 0.111 e. The van der Waals surface area contributed by atoms with E-state index in [2.05, 4.69) is 6.58 Å². The maximum absolute atomic E-state index is 9.98. The van der Waals surface area contributed by atoms with Gasteiger partial charge in [0.1, 0.15) is 24.4 Å². The molecule has 1 aliphatic rings. The van der Waals surface area contributed by atoms with Crippen molar-refractivity contribution in [3.05, 3.63) is 12.7 Å². The van der Waals surface area contributed by atoms with Crippen molar-refractivity contribution >= 4 is 0 Å². The molecule has 3 N–H and O–H groups in total. The van der Waals surface area contributed by atoms with Crippen LogP contribution in [-0.2, 0) is 9.47 Å². The molecule has 1 fully saturated rings. The fraction of sp³-hybridized carbons (Fsp3) is 0.909. The normalized spacial score (nSPS) is 25.6. The molecule has 5 heteroatoms. The summed E-state index contributed by atoms with van der Waals surface area (Å²) in [5, 5.41) is 28.8. The van der Waals surface area contributed by atoms with Gasteiger partial charge in [-0.1, -0.05) is 70.3 Å². The lowest BCUT2D eigenvalue weighted by atomic mass is 10.0. The Balaban J connectivity index is 1.83. The second-order valence-electron chi connectivity index (χ2n) is 7.76. The standard InChI is InChI=1S/C22H42O5/c1-2-3-4-5-6-7-8-9-10-11-12-13-14-15-16-26-20-18-27-19(17-23)21(24)22(20)25/h2,19-25H,1,3-18H2/t19-,20+,21-,22-/m1/s1. The molecule has 4 atom stereocenters. The number of rotatable bonds is 17. The molecule has 0 unspecified atom stereocenters. The Morgan fingerprint density at radius 3 is 1.85 bits per heavy atom. The fourth-order valence-electron chi connectivity index (χ4n) is 3.56. The third-order valence-corrected chi connectivity index (χ3v) is 5.40. The molecular formula is C22H42O5. The molecule has 0 aromatic rings. The highest BCUT2D eigenvalue weighted by atomic mass is 16.6. The van der Waals surface area contributed by atoms with Gasteiger partial charge in [0.15, 0.2) is 0 Å². The molecular weight excluding hydrogens is 344 g/mol. The average Bonchev–Trinajstić information content (AvgIpc) is 2.68. The molecule has 1 saturated heterocycles. The van der Waals surface area contributed by atoms with Gasteiger partial charge in [-0.15, -0.1) is 6.58 Å². The van der Waals surface area contributed by atoms with E-state index in [4.69, 9.17) is 14.6 Å². The molecule has 5 nitrogen and oxygen atoms in total. The Labute approximate surface area is 165 Å². The van der Waals surface area contributed by atoms with Crippen LogP contribution in [0.25, 0.3) is 0 Å². The monoisotopic (exact) mass is 386 g/mol. The van der Waals surface area contributed by atoms with Crippen LogP contribution in [0.1, 0.15) is 83.5 Å². The van der Waals surface area contributed by atoms with E-state index in [0.29, 0.717) is 6.61 Å². The number of aliphatic hydroxyl groups excluding tert-OH is 3. The van der Waals surface area contributed by atoms with E-state index in [1.54, 1.807) is 0 Å². The third kappa shape index (κ3) is 11.2. The molecule has 160 valence electrons. The van der Waals surface area contributed by atoms with Crippen LogP contribution < -0.4 is 0 Å². The van der Waals surface area contributed by atoms with Gasteiger partial charge in [-0.3, -0.25) is 0 Å². The minimum absolute atomic E-state index is 0.220. The minimum Gasteiger partial charge on any atom is -0.394 e. The van der Waals surface area contributed by atoms with E-state index in [1.807, 2.05) is 6.08 Å². The molecule has 27 heavy (non-hydrogen) atoms. The molecule has 0 amide bonds. The summed E-state index contributed by atoms with van der Waals surface area (Å²) in [6.45, 7) is 4.26. The molecule has 0 aromatic heterocycles. The number of hydrogen-bond donors (Lipinski definition) is 3. The van der Waals surface area contributed by atoms with Crippen molar-refractivity contribution < 1.29 is 24.8 Å². The summed E-state index contributed by atoms with van der Waals surface area (Å²) in [6.07, 6.45) is 15.3. The van der Waals surface area contributed by atoms with Gasteiger partial charge in [-0.2, -0.15) is 0 Å². The van der Waals surface area contributed by atoms with Crippen LogP contribution in [0.2, 0.25) is 0 Å². The Hall–Kier alpha value is -0.460. The first-order valence-electron chi connectivity index (χ1n) is 11.0. The summed E-state index contributed by atoms with van der Waals surface area (Å²) in [5.41, 5.74) is 0. The largest absolute Gasteiger partial charge is 0.394 e. The molecule has 1 aliphatic heterocycles. The summed E-state index contributed by atoms with van der Waals surface area (Å²) in [7, 11) is 0. The zero-order valence-electron chi connectivity index (χ0n) is 17.1. The summed E-state index contributed by atoms with van der Waals surface area (Å²) < 4.78 is 11.0. The van der Waals surface area contributed by atoms with Gasteiger partial charge in [0.25, 0.3) is 0 Å². The molecule has 0 bridgehead atoms. The lowest BCUT2D eigenvalue weighted by Gasteiger charge is -2.36. The summed E-state index contributed by atoms with van der Waals surface area (Å²) in [5.74, 6) is 0. The smallest absolute Gasteiger partial charge is 0.111 e. The van der Waals surface area contributed by atoms with Gasteiger partial charge in [0.2, 0.25) is 0 Å². The number of unbranched alkanes of at least 4 members (excludes halogenated alkanes) is 12. The van der Waals surface area contributed by atoms with Crippen LogP contribution in [0.5, 0.6) is 0 Å². The van der Waals surface area contributed by atoms with Crippen molar-refractivity contribution in [3.63, 3.8) is 0 Å².